The number of esters is 1. The van der Waals surface area contributed by atoms with Gasteiger partial charge in [0.05, 0.1) is 18.3 Å². The quantitative estimate of drug-likeness (QED) is 0.251. The number of unbranched alkanes of at least 4 members (excludes halogenated alkanes) is 1. The van der Waals surface area contributed by atoms with Crippen LogP contribution in [-0.4, -0.2) is 39.4 Å². The summed E-state index contributed by atoms with van der Waals surface area (Å²) in [5.41, 5.74) is 0.268. The van der Waals surface area contributed by atoms with E-state index in [1.807, 2.05) is 0 Å². The van der Waals surface area contributed by atoms with Crippen LogP contribution in [0.15, 0.2) is 12.2 Å². The number of carbonyl (C=O) groups excluding carboxylic acids is 1. The Hall–Kier alpha value is -0.910. The third-order valence-electron chi connectivity index (χ3n) is 4.40. The number of methoxy groups -OCH3 is 1. The van der Waals surface area contributed by atoms with Gasteiger partial charge in [-0.25, -0.2) is 4.79 Å². The number of hydrogen-bond donors (Lipinski definition) is 0. The van der Waals surface area contributed by atoms with Crippen molar-refractivity contribution in [2.24, 2.45) is 11.8 Å². The zero-order chi connectivity index (χ0) is 17.1. The van der Waals surface area contributed by atoms with E-state index in [2.05, 4.69) is 20.4 Å². The fourth-order valence-electron chi connectivity index (χ4n) is 3.15. The molecule has 0 amide bonds. The smallest absolute Gasteiger partial charge is 0.337 e. The van der Waals surface area contributed by atoms with E-state index >= 15 is 0 Å². The summed E-state index contributed by atoms with van der Waals surface area (Å²) < 4.78 is 20.9. The molecule has 0 aromatic carbocycles. The summed E-state index contributed by atoms with van der Waals surface area (Å²) >= 11 is 0. The van der Waals surface area contributed by atoms with Crippen LogP contribution in [-0.2, 0) is 23.7 Å². The topological polar surface area (TPSA) is 54.0 Å². The van der Waals surface area contributed by atoms with Crippen molar-refractivity contribution in [1.29, 1.82) is 0 Å². The molecule has 0 aliphatic heterocycles. The largest absolute Gasteiger partial charge is 0.435 e. The normalized spacial score (nSPS) is 24.4. The summed E-state index contributed by atoms with van der Waals surface area (Å²) in [5, 5.41) is 0. The molecule has 0 heterocycles. The number of ether oxygens (including phenoxy) is 4. The summed E-state index contributed by atoms with van der Waals surface area (Å²) in [6, 6.07) is 0. The molecule has 3 unspecified atom stereocenters. The highest BCUT2D eigenvalue weighted by molar-refractivity contribution is 5.87. The monoisotopic (exact) mass is 328 g/mol. The molecule has 1 saturated carbocycles. The van der Waals surface area contributed by atoms with E-state index < -0.39 is 5.97 Å². The molecule has 1 aliphatic carbocycles. The third-order valence-corrected chi connectivity index (χ3v) is 4.40. The zero-order valence-corrected chi connectivity index (χ0v) is 14.8. The summed E-state index contributed by atoms with van der Waals surface area (Å²) in [5.74, 6) is 0.609. The molecule has 1 fully saturated rings. The molecular formula is C18H32O5. The van der Waals surface area contributed by atoms with E-state index in [1.165, 1.54) is 45.6 Å². The summed E-state index contributed by atoms with van der Waals surface area (Å²) in [4.78, 5) is 11.8. The molecule has 1 rings (SSSR count). The second-order valence-electron chi connectivity index (χ2n) is 6.35. The molecule has 0 radical (unpaired) electrons. The van der Waals surface area contributed by atoms with E-state index in [0.717, 1.165) is 0 Å². The van der Waals surface area contributed by atoms with Crippen molar-refractivity contribution < 1.29 is 23.7 Å². The maximum Gasteiger partial charge on any atom is 0.337 e. The Balaban J connectivity index is 2.33. The van der Waals surface area contributed by atoms with Crippen molar-refractivity contribution in [3.63, 3.8) is 0 Å². The van der Waals surface area contributed by atoms with Crippen molar-refractivity contribution in [3.8, 4) is 0 Å². The molecule has 0 N–H and O–H groups in total. The van der Waals surface area contributed by atoms with Crippen LogP contribution in [0.5, 0.6) is 0 Å². The highest BCUT2D eigenvalue weighted by atomic mass is 16.7. The Morgan fingerprint density at radius 3 is 2.74 bits per heavy atom. The molecular weight excluding hydrogens is 296 g/mol. The Bertz CT molecular complexity index is 355. The van der Waals surface area contributed by atoms with Gasteiger partial charge in [-0.3, -0.25) is 0 Å². The second kappa shape index (κ2) is 11.6. The van der Waals surface area contributed by atoms with Gasteiger partial charge in [0.2, 0.25) is 0 Å². The van der Waals surface area contributed by atoms with Gasteiger partial charge in [-0.05, 0) is 31.1 Å². The molecule has 0 spiro atoms. The summed E-state index contributed by atoms with van der Waals surface area (Å²) in [6.07, 6.45) is 7.46. The van der Waals surface area contributed by atoms with Crippen molar-refractivity contribution >= 4 is 5.97 Å². The summed E-state index contributed by atoms with van der Waals surface area (Å²) in [6.45, 7) is 8.30. The highest BCUT2D eigenvalue weighted by Crippen LogP contribution is 2.34. The predicted molar refractivity (Wildman–Crippen MR) is 88.8 cm³/mol. The lowest BCUT2D eigenvalue weighted by atomic mass is 9.77. The molecule has 1 aliphatic rings. The van der Waals surface area contributed by atoms with Crippen LogP contribution in [0.1, 0.15) is 52.4 Å². The minimum absolute atomic E-state index is 0.0141. The third kappa shape index (κ3) is 7.46. The van der Waals surface area contributed by atoms with Gasteiger partial charge in [-0.15, -0.1) is 0 Å². The average Bonchev–Trinajstić information content (AvgIpc) is 2.54. The molecule has 134 valence electrons. The van der Waals surface area contributed by atoms with Gasteiger partial charge < -0.3 is 18.9 Å². The van der Waals surface area contributed by atoms with Crippen LogP contribution in [0.3, 0.4) is 0 Å². The van der Waals surface area contributed by atoms with Crippen LogP contribution in [0.2, 0.25) is 0 Å². The molecule has 5 nitrogen and oxygen atoms in total. The summed E-state index contributed by atoms with van der Waals surface area (Å²) in [7, 11) is 1.52. The van der Waals surface area contributed by atoms with E-state index in [9.17, 15) is 4.79 Å². The first-order valence-corrected chi connectivity index (χ1v) is 8.63. The minimum Gasteiger partial charge on any atom is -0.435 e. The molecule has 0 aromatic rings. The lowest BCUT2D eigenvalue weighted by Gasteiger charge is -2.36. The minimum atomic E-state index is -0.477. The highest BCUT2D eigenvalue weighted by Gasteiger charge is 2.31. The van der Waals surface area contributed by atoms with E-state index in [4.69, 9.17) is 18.9 Å². The second-order valence-corrected chi connectivity index (χ2v) is 6.35. The van der Waals surface area contributed by atoms with Gasteiger partial charge in [-0.2, -0.15) is 0 Å². The maximum absolute atomic E-state index is 11.8. The van der Waals surface area contributed by atoms with Gasteiger partial charge in [0, 0.05) is 7.11 Å². The molecule has 0 saturated heterocycles. The van der Waals surface area contributed by atoms with E-state index in [0.29, 0.717) is 11.8 Å². The average molecular weight is 328 g/mol. The predicted octanol–water partition coefficient (Wildman–Crippen LogP) is 3.68. The van der Waals surface area contributed by atoms with E-state index in [-0.39, 0.29) is 31.9 Å². The first-order valence-electron chi connectivity index (χ1n) is 8.63. The fourth-order valence-corrected chi connectivity index (χ4v) is 3.15. The van der Waals surface area contributed by atoms with Crippen LogP contribution in [0.25, 0.3) is 0 Å². The van der Waals surface area contributed by atoms with Crippen LogP contribution in [0.4, 0.5) is 0 Å². The van der Waals surface area contributed by atoms with E-state index in [1.54, 1.807) is 0 Å². The van der Waals surface area contributed by atoms with Crippen LogP contribution >= 0.6 is 0 Å². The Morgan fingerprint density at radius 1 is 1.26 bits per heavy atom. The van der Waals surface area contributed by atoms with Gasteiger partial charge in [0.1, 0.15) is 6.79 Å². The van der Waals surface area contributed by atoms with Crippen molar-refractivity contribution in [1.82, 2.24) is 0 Å². The lowest BCUT2D eigenvalue weighted by molar-refractivity contribution is -0.166. The first kappa shape index (κ1) is 20.1. The maximum atomic E-state index is 11.8. The number of carbonyl (C=O) groups is 1. The van der Waals surface area contributed by atoms with Crippen molar-refractivity contribution in [2.75, 3.05) is 27.3 Å². The van der Waals surface area contributed by atoms with Gasteiger partial charge in [-0.1, -0.05) is 39.7 Å². The Labute approximate surface area is 140 Å². The van der Waals surface area contributed by atoms with Gasteiger partial charge >= 0.3 is 5.97 Å². The SMILES string of the molecule is C=C(COCOC)C(=O)OCOC1C(C)CCCC1CCCC. The molecule has 0 aromatic heterocycles. The molecule has 0 bridgehead atoms. The Kier molecular flexibility index (Phi) is 10.2. The Morgan fingerprint density at radius 2 is 2.04 bits per heavy atom. The zero-order valence-electron chi connectivity index (χ0n) is 14.8. The van der Waals surface area contributed by atoms with Crippen molar-refractivity contribution in [3.05, 3.63) is 12.2 Å². The molecule has 3 atom stereocenters. The van der Waals surface area contributed by atoms with Crippen LogP contribution < -0.4 is 0 Å². The lowest BCUT2D eigenvalue weighted by Crippen LogP contribution is -2.35. The number of rotatable bonds is 11. The standard InChI is InChI=1S/C18H32O5/c1-5-6-9-16-10-7-8-14(2)17(16)22-13-23-18(19)15(3)11-21-12-20-4/h14,16-17H,3,5-13H2,1-2,4H3. The van der Waals surface area contributed by atoms with Gasteiger partial charge in [0.15, 0.2) is 6.79 Å². The number of hydrogen-bond acceptors (Lipinski definition) is 5. The first-order chi connectivity index (χ1) is 11.1. The molecule has 23 heavy (non-hydrogen) atoms. The molecule has 5 heteroatoms. The van der Waals surface area contributed by atoms with Crippen molar-refractivity contribution in [2.45, 2.75) is 58.5 Å². The van der Waals surface area contributed by atoms with Gasteiger partial charge in [0.25, 0.3) is 0 Å². The van der Waals surface area contributed by atoms with Crippen LogP contribution in [0, 0.1) is 11.8 Å². The fraction of sp³-hybridized carbons (Fsp3) is 0.833.